The monoisotopic (exact) mass is 250 g/mol. The molecule has 0 bridgehead atoms. The lowest BCUT2D eigenvalue weighted by Gasteiger charge is -2.12. The Morgan fingerprint density at radius 3 is 2.56 bits per heavy atom. The summed E-state index contributed by atoms with van der Waals surface area (Å²) < 4.78 is 0. The highest BCUT2D eigenvalue weighted by atomic mass is 16.3. The van der Waals surface area contributed by atoms with Gasteiger partial charge in [-0.3, -0.25) is 4.79 Å². The van der Waals surface area contributed by atoms with E-state index in [2.05, 4.69) is 10.5 Å². The first-order valence-electron chi connectivity index (χ1n) is 5.83. The van der Waals surface area contributed by atoms with Crippen molar-refractivity contribution < 1.29 is 4.79 Å². The molecule has 6 heteroatoms. The van der Waals surface area contributed by atoms with Crippen LogP contribution < -0.4 is 16.8 Å². The Kier molecular flexibility index (Phi) is 5.96. The third-order valence-electron chi connectivity index (χ3n) is 2.51. The van der Waals surface area contributed by atoms with E-state index in [4.69, 9.17) is 11.5 Å². The molecule has 0 aliphatic carbocycles. The predicted molar refractivity (Wildman–Crippen MR) is 70.3 cm³/mol. The van der Waals surface area contributed by atoms with Crippen LogP contribution in [-0.4, -0.2) is 25.0 Å². The first-order chi connectivity index (χ1) is 8.67. The second-order valence-electron chi connectivity index (χ2n) is 4.00. The molecule has 0 aliphatic heterocycles. The number of nitrogens with one attached hydrogen (secondary N) is 1. The molecule has 0 spiro atoms. The number of carbonyl (C=O) groups is 1. The Hall–Kier alpha value is -1.79. The van der Waals surface area contributed by atoms with Crippen molar-refractivity contribution in [1.82, 2.24) is 5.32 Å². The Balaban J connectivity index is 2.44. The molecule has 1 atom stereocenters. The SMILES string of the molecule is NCCCNC(=O)C(N)Cc1ccc(N=O)cc1. The number of amides is 1. The minimum absolute atomic E-state index is 0.193. The van der Waals surface area contributed by atoms with Gasteiger partial charge in [-0.25, -0.2) is 0 Å². The third-order valence-corrected chi connectivity index (χ3v) is 2.51. The van der Waals surface area contributed by atoms with Gasteiger partial charge in [0.05, 0.1) is 6.04 Å². The Labute approximate surface area is 106 Å². The number of nitroso groups, excluding NO2 is 1. The summed E-state index contributed by atoms with van der Waals surface area (Å²) in [6.07, 6.45) is 1.16. The number of nitrogens with zero attached hydrogens (tertiary/aromatic N) is 1. The quantitative estimate of drug-likeness (QED) is 0.481. The number of hydrogen-bond donors (Lipinski definition) is 3. The smallest absolute Gasteiger partial charge is 0.237 e. The molecule has 0 heterocycles. The molecule has 0 saturated heterocycles. The summed E-state index contributed by atoms with van der Waals surface area (Å²) in [6.45, 7) is 1.08. The van der Waals surface area contributed by atoms with Crippen LogP contribution in [0.2, 0.25) is 0 Å². The van der Waals surface area contributed by atoms with Crippen LogP contribution in [0.15, 0.2) is 29.4 Å². The molecule has 0 radical (unpaired) electrons. The van der Waals surface area contributed by atoms with E-state index in [9.17, 15) is 9.70 Å². The maximum Gasteiger partial charge on any atom is 0.237 e. The molecular weight excluding hydrogens is 232 g/mol. The molecule has 0 aliphatic rings. The normalized spacial score (nSPS) is 11.9. The maximum absolute atomic E-state index is 11.6. The standard InChI is InChI=1S/C12H18N4O2/c13-6-1-7-15-12(17)11(14)8-9-2-4-10(16-18)5-3-9/h2-5,11H,1,6-8,13-14H2,(H,15,17). The summed E-state index contributed by atoms with van der Waals surface area (Å²) in [4.78, 5) is 21.8. The van der Waals surface area contributed by atoms with E-state index < -0.39 is 6.04 Å². The fourth-order valence-corrected chi connectivity index (χ4v) is 1.48. The van der Waals surface area contributed by atoms with Crippen molar-refractivity contribution in [3.63, 3.8) is 0 Å². The average molecular weight is 250 g/mol. The fraction of sp³-hybridized carbons (Fsp3) is 0.417. The minimum Gasteiger partial charge on any atom is -0.355 e. The van der Waals surface area contributed by atoms with E-state index in [-0.39, 0.29) is 5.91 Å². The second-order valence-corrected chi connectivity index (χ2v) is 4.00. The molecule has 1 amide bonds. The van der Waals surface area contributed by atoms with Crippen molar-refractivity contribution in [2.75, 3.05) is 13.1 Å². The molecule has 6 nitrogen and oxygen atoms in total. The molecule has 98 valence electrons. The van der Waals surface area contributed by atoms with Gasteiger partial charge in [-0.05, 0) is 42.3 Å². The lowest BCUT2D eigenvalue weighted by atomic mass is 10.1. The summed E-state index contributed by atoms with van der Waals surface area (Å²) in [5.41, 5.74) is 12.4. The van der Waals surface area contributed by atoms with Crippen molar-refractivity contribution in [1.29, 1.82) is 0 Å². The van der Waals surface area contributed by atoms with Crippen LogP contribution in [0.5, 0.6) is 0 Å². The number of nitrogens with two attached hydrogens (primary N) is 2. The van der Waals surface area contributed by atoms with Crippen LogP contribution >= 0.6 is 0 Å². The predicted octanol–water partition coefficient (Wildman–Crippen LogP) is 0.419. The summed E-state index contributed by atoms with van der Waals surface area (Å²) in [5, 5.41) is 5.52. The molecule has 0 aromatic heterocycles. The maximum atomic E-state index is 11.6. The van der Waals surface area contributed by atoms with Crippen molar-refractivity contribution in [2.45, 2.75) is 18.9 Å². The molecule has 5 N–H and O–H groups in total. The van der Waals surface area contributed by atoms with Crippen molar-refractivity contribution >= 4 is 11.6 Å². The van der Waals surface area contributed by atoms with Gasteiger partial charge in [-0.15, -0.1) is 4.91 Å². The lowest BCUT2D eigenvalue weighted by molar-refractivity contribution is -0.122. The van der Waals surface area contributed by atoms with Gasteiger partial charge in [0.25, 0.3) is 0 Å². The van der Waals surface area contributed by atoms with E-state index in [1.807, 2.05) is 0 Å². The van der Waals surface area contributed by atoms with E-state index in [1.165, 1.54) is 0 Å². The third kappa shape index (κ3) is 4.60. The van der Waals surface area contributed by atoms with Crippen molar-refractivity contribution in [3.8, 4) is 0 Å². The number of carbonyl (C=O) groups excluding carboxylic acids is 1. The number of rotatable bonds is 7. The molecule has 1 rings (SSSR count). The van der Waals surface area contributed by atoms with Gasteiger partial charge >= 0.3 is 0 Å². The highest BCUT2D eigenvalue weighted by Crippen LogP contribution is 2.13. The Morgan fingerprint density at radius 1 is 1.33 bits per heavy atom. The number of hydrogen-bond acceptors (Lipinski definition) is 5. The zero-order chi connectivity index (χ0) is 13.4. The topological polar surface area (TPSA) is 111 Å². The highest BCUT2D eigenvalue weighted by molar-refractivity contribution is 5.81. The van der Waals surface area contributed by atoms with E-state index >= 15 is 0 Å². The molecule has 1 aromatic carbocycles. The summed E-state index contributed by atoms with van der Waals surface area (Å²) >= 11 is 0. The summed E-state index contributed by atoms with van der Waals surface area (Å²) in [7, 11) is 0. The van der Waals surface area contributed by atoms with Gasteiger partial charge in [0.15, 0.2) is 0 Å². The zero-order valence-electron chi connectivity index (χ0n) is 10.1. The van der Waals surface area contributed by atoms with E-state index in [0.29, 0.717) is 25.2 Å². The summed E-state index contributed by atoms with van der Waals surface area (Å²) in [5.74, 6) is -0.193. The van der Waals surface area contributed by atoms with Crippen LogP contribution in [0, 0.1) is 4.91 Å². The lowest BCUT2D eigenvalue weighted by Crippen LogP contribution is -2.42. The van der Waals surface area contributed by atoms with Gasteiger partial charge in [0.1, 0.15) is 5.69 Å². The molecular formula is C12H18N4O2. The first-order valence-corrected chi connectivity index (χ1v) is 5.83. The van der Waals surface area contributed by atoms with Crippen molar-refractivity contribution in [2.24, 2.45) is 16.6 Å². The fourth-order valence-electron chi connectivity index (χ4n) is 1.48. The Morgan fingerprint density at radius 2 is 2.00 bits per heavy atom. The highest BCUT2D eigenvalue weighted by Gasteiger charge is 2.13. The van der Waals surface area contributed by atoms with E-state index in [0.717, 1.165) is 12.0 Å². The second kappa shape index (κ2) is 7.52. The largest absolute Gasteiger partial charge is 0.355 e. The molecule has 18 heavy (non-hydrogen) atoms. The van der Waals surface area contributed by atoms with Crippen LogP contribution in [0.3, 0.4) is 0 Å². The van der Waals surface area contributed by atoms with Gasteiger partial charge in [0, 0.05) is 6.54 Å². The molecule has 1 aromatic rings. The minimum atomic E-state index is -0.599. The van der Waals surface area contributed by atoms with Gasteiger partial charge < -0.3 is 16.8 Å². The van der Waals surface area contributed by atoms with Crippen molar-refractivity contribution in [3.05, 3.63) is 34.7 Å². The average Bonchev–Trinajstić information content (AvgIpc) is 2.39. The summed E-state index contributed by atoms with van der Waals surface area (Å²) in [6, 6.07) is 6.08. The van der Waals surface area contributed by atoms with Gasteiger partial charge in [0.2, 0.25) is 5.91 Å². The van der Waals surface area contributed by atoms with Gasteiger partial charge in [-0.1, -0.05) is 12.1 Å². The molecule has 0 saturated carbocycles. The van der Waals surface area contributed by atoms with Crippen LogP contribution in [-0.2, 0) is 11.2 Å². The van der Waals surface area contributed by atoms with Crippen LogP contribution in [0.25, 0.3) is 0 Å². The molecule has 0 fully saturated rings. The van der Waals surface area contributed by atoms with Crippen LogP contribution in [0.4, 0.5) is 5.69 Å². The molecule has 1 unspecified atom stereocenters. The zero-order valence-corrected chi connectivity index (χ0v) is 10.1. The van der Waals surface area contributed by atoms with Gasteiger partial charge in [-0.2, -0.15) is 0 Å². The Bertz CT molecular complexity index is 392. The van der Waals surface area contributed by atoms with E-state index in [1.54, 1.807) is 24.3 Å². The van der Waals surface area contributed by atoms with Crippen LogP contribution in [0.1, 0.15) is 12.0 Å². The number of benzene rings is 1. The first kappa shape index (κ1) is 14.3.